The molecule has 0 bridgehead atoms. The Balaban J connectivity index is 1.28. The lowest BCUT2D eigenvalue weighted by atomic mass is 10.0. The number of aryl methyl sites for hydroxylation is 1. The summed E-state index contributed by atoms with van der Waals surface area (Å²) in [5.74, 6) is 1.54. The summed E-state index contributed by atoms with van der Waals surface area (Å²) < 4.78 is 7.94. The van der Waals surface area contributed by atoms with Gasteiger partial charge < -0.3 is 15.0 Å². The summed E-state index contributed by atoms with van der Waals surface area (Å²) in [7, 11) is 3.85. The molecule has 1 aromatic heterocycles. The number of morpholine rings is 1. The van der Waals surface area contributed by atoms with E-state index in [4.69, 9.17) is 4.74 Å². The van der Waals surface area contributed by atoms with E-state index >= 15 is 0 Å². The first-order valence-corrected chi connectivity index (χ1v) is 9.52. The third kappa shape index (κ3) is 3.67. The van der Waals surface area contributed by atoms with Crippen LogP contribution in [0.4, 0.5) is 0 Å². The Morgan fingerprint density at radius 2 is 2.28 bits per heavy atom. The highest BCUT2D eigenvalue weighted by molar-refractivity contribution is 5.80. The van der Waals surface area contributed by atoms with E-state index in [2.05, 4.69) is 31.4 Å². The smallest absolute Gasteiger partial charge is 0.193 e. The molecule has 0 spiro atoms. The molecule has 0 aromatic carbocycles. The number of rotatable bonds is 3. The number of hydrogen-bond donors (Lipinski definition) is 1. The molecule has 3 unspecified atom stereocenters. The monoisotopic (exact) mass is 346 g/mol. The second-order valence-corrected chi connectivity index (χ2v) is 7.55. The van der Waals surface area contributed by atoms with Crippen LogP contribution >= 0.6 is 0 Å². The Labute approximate surface area is 150 Å². The minimum atomic E-state index is 0.267. The number of nitrogens with zero attached hydrogens (tertiary/aromatic N) is 5. The van der Waals surface area contributed by atoms with Crippen LogP contribution in [-0.4, -0.2) is 84.1 Å². The SMILES string of the molecule is CN=C(NCC1CN2CCCC2CO1)N1CCC(c2cnn(C)c2)C1. The van der Waals surface area contributed by atoms with Gasteiger partial charge in [-0.3, -0.25) is 14.6 Å². The summed E-state index contributed by atoms with van der Waals surface area (Å²) in [5, 5.41) is 7.85. The van der Waals surface area contributed by atoms with Crippen LogP contribution in [0, 0.1) is 0 Å². The normalized spacial score (nSPS) is 30.7. The Morgan fingerprint density at radius 1 is 1.36 bits per heavy atom. The van der Waals surface area contributed by atoms with Gasteiger partial charge in [0.2, 0.25) is 0 Å². The molecule has 0 radical (unpaired) electrons. The van der Waals surface area contributed by atoms with Gasteiger partial charge in [0.25, 0.3) is 0 Å². The Hall–Kier alpha value is -1.60. The van der Waals surface area contributed by atoms with E-state index in [9.17, 15) is 0 Å². The molecule has 3 fully saturated rings. The van der Waals surface area contributed by atoms with Gasteiger partial charge in [0.1, 0.15) is 0 Å². The predicted molar refractivity (Wildman–Crippen MR) is 97.8 cm³/mol. The molecule has 7 nitrogen and oxygen atoms in total. The molecule has 0 amide bonds. The van der Waals surface area contributed by atoms with E-state index in [0.717, 1.165) is 45.2 Å². The maximum absolute atomic E-state index is 6.05. The molecule has 7 heteroatoms. The van der Waals surface area contributed by atoms with Crippen LogP contribution < -0.4 is 5.32 Å². The van der Waals surface area contributed by atoms with Crippen molar-refractivity contribution in [2.75, 3.05) is 46.4 Å². The number of aromatic nitrogens is 2. The van der Waals surface area contributed by atoms with Crippen molar-refractivity contribution < 1.29 is 4.74 Å². The molecule has 1 aromatic rings. The Morgan fingerprint density at radius 3 is 3.08 bits per heavy atom. The van der Waals surface area contributed by atoms with Crippen molar-refractivity contribution in [2.24, 2.45) is 12.0 Å². The zero-order valence-electron chi connectivity index (χ0n) is 15.4. The summed E-state index contributed by atoms with van der Waals surface area (Å²) in [4.78, 5) is 9.45. The van der Waals surface area contributed by atoms with E-state index in [-0.39, 0.29) is 6.10 Å². The first-order valence-electron chi connectivity index (χ1n) is 9.52. The van der Waals surface area contributed by atoms with Crippen LogP contribution in [0.1, 0.15) is 30.7 Å². The number of aliphatic imine (C=N–C) groups is 1. The lowest BCUT2D eigenvalue weighted by Crippen LogP contribution is -2.51. The van der Waals surface area contributed by atoms with E-state index in [0.29, 0.717) is 12.0 Å². The van der Waals surface area contributed by atoms with Crippen LogP contribution in [-0.2, 0) is 11.8 Å². The lowest BCUT2D eigenvalue weighted by molar-refractivity contribution is -0.0454. The molecule has 3 aliphatic heterocycles. The topological polar surface area (TPSA) is 57.9 Å². The fourth-order valence-electron chi connectivity index (χ4n) is 4.42. The number of fused-ring (bicyclic) bond motifs is 1. The van der Waals surface area contributed by atoms with Gasteiger partial charge in [0.15, 0.2) is 5.96 Å². The first-order chi connectivity index (χ1) is 12.2. The van der Waals surface area contributed by atoms with Gasteiger partial charge in [-0.25, -0.2) is 0 Å². The predicted octanol–water partition coefficient (Wildman–Crippen LogP) is 0.648. The van der Waals surface area contributed by atoms with Crippen molar-refractivity contribution in [2.45, 2.75) is 37.3 Å². The zero-order valence-corrected chi connectivity index (χ0v) is 15.4. The summed E-state index contributed by atoms with van der Waals surface area (Å²) in [6.45, 7) is 6.05. The highest BCUT2D eigenvalue weighted by atomic mass is 16.5. The number of ether oxygens (including phenoxy) is 1. The Bertz CT molecular complexity index is 614. The minimum absolute atomic E-state index is 0.267. The minimum Gasteiger partial charge on any atom is -0.373 e. The third-order valence-electron chi connectivity index (χ3n) is 5.85. The van der Waals surface area contributed by atoms with Crippen LogP contribution in [0.3, 0.4) is 0 Å². The van der Waals surface area contributed by atoms with Crippen LogP contribution in [0.15, 0.2) is 17.4 Å². The van der Waals surface area contributed by atoms with Crippen LogP contribution in [0.25, 0.3) is 0 Å². The van der Waals surface area contributed by atoms with Crippen molar-refractivity contribution in [1.29, 1.82) is 0 Å². The highest BCUT2D eigenvalue weighted by Crippen LogP contribution is 2.27. The fraction of sp³-hybridized carbons (Fsp3) is 0.778. The van der Waals surface area contributed by atoms with Gasteiger partial charge in [-0.2, -0.15) is 5.10 Å². The van der Waals surface area contributed by atoms with E-state index in [1.807, 2.05) is 25.0 Å². The van der Waals surface area contributed by atoms with Gasteiger partial charge in [0.05, 0.1) is 18.9 Å². The van der Waals surface area contributed by atoms with Crippen molar-refractivity contribution in [3.05, 3.63) is 18.0 Å². The lowest BCUT2D eigenvalue weighted by Gasteiger charge is -2.35. The fourth-order valence-corrected chi connectivity index (χ4v) is 4.42. The quantitative estimate of drug-likeness (QED) is 0.643. The molecule has 0 aliphatic carbocycles. The summed E-state index contributed by atoms with van der Waals surface area (Å²) in [6, 6.07) is 0.661. The van der Waals surface area contributed by atoms with Crippen molar-refractivity contribution in [1.82, 2.24) is 24.9 Å². The van der Waals surface area contributed by atoms with Crippen LogP contribution in [0.5, 0.6) is 0 Å². The zero-order chi connectivity index (χ0) is 17.2. The van der Waals surface area contributed by atoms with E-state index in [1.54, 1.807) is 0 Å². The average molecular weight is 346 g/mol. The molecule has 4 heterocycles. The number of guanidine groups is 1. The second-order valence-electron chi connectivity index (χ2n) is 7.55. The maximum Gasteiger partial charge on any atom is 0.193 e. The number of nitrogens with one attached hydrogen (secondary N) is 1. The molecule has 3 atom stereocenters. The van der Waals surface area contributed by atoms with Gasteiger partial charge >= 0.3 is 0 Å². The molecular weight excluding hydrogens is 316 g/mol. The average Bonchev–Trinajstić information content (AvgIpc) is 3.34. The molecule has 3 saturated heterocycles. The maximum atomic E-state index is 6.05. The van der Waals surface area contributed by atoms with Crippen molar-refractivity contribution >= 4 is 5.96 Å². The summed E-state index contributed by atoms with van der Waals surface area (Å²) in [5.41, 5.74) is 1.33. The van der Waals surface area contributed by atoms with E-state index in [1.165, 1.54) is 24.9 Å². The van der Waals surface area contributed by atoms with Gasteiger partial charge in [-0.1, -0.05) is 0 Å². The second kappa shape index (κ2) is 7.33. The van der Waals surface area contributed by atoms with E-state index < -0.39 is 0 Å². The molecule has 1 N–H and O–H groups in total. The molecular formula is C18H30N6O. The molecule has 25 heavy (non-hydrogen) atoms. The van der Waals surface area contributed by atoms with Crippen molar-refractivity contribution in [3.8, 4) is 0 Å². The van der Waals surface area contributed by atoms with Crippen molar-refractivity contribution in [3.63, 3.8) is 0 Å². The molecule has 0 saturated carbocycles. The van der Waals surface area contributed by atoms with Crippen LogP contribution in [0.2, 0.25) is 0 Å². The summed E-state index contributed by atoms with van der Waals surface area (Å²) >= 11 is 0. The molecule has 3 aliphatic rings. The standard InChI is InChI=1S/C18H30N6O/c1-19-18(20-9-17-12-23-6-3-4-16(23)13-25-17)24-7-5-14(11-24)15-8-21-22(2)10-15/h8,10,14,16-17H,3-7,9,11-13H2,1-2H3,(H,19,20). The number of likely N-dealkylation sites (tertiary alicyclic amines) is 1. The molecule has 138 valence electrons. The van der Waals surface area contributed by atoms with Gasteiger partial charge in [0, 0.05) is 58.4 Å². The molecule has 4 rings (SSSR count). The highest BCUT2D eigenvalue weighted by Gasteiger charge is 2.33. The third-order valence-corrected chi connectivity index (χ3v) is 5.85. The van der Waals surface area contributed by atoms with Gasteiger partial charge in [-0.15, -0.1) is 0 Å². The Kier molecular flexibility index (Phi) is 4.94. The number of hydrogen-bond acceptors (Lipinski definition) is 4. The largest absolute Gasteiger partial charge is 0.373 e. The first kappa shape index (κ1) is 16.8. The van der Waals surface area contributed by atoms with Gasteiger partial charge in [-0.05, 0) is 31.4 Å². The summed E-state index contributed by atoms with van der Waals surface area (Å²) in [6.07, 6.45) is 8.16.